The predicted octanol–water partition coefficient (Wildman–Crippen LogP) is 4.39. The summed E-state index contributed by atoms with van der Waals surface area (Å²) in [6, 6.07) is 7.22. The van der Waals surface area contributed by atoms with E-state index in [-0.39, 0.29) is 11.7 Å². The van der Waals surface area contributed by atoms with Crippen LogP contribution in [0, 0.1) is 0 Å². The second-order valence-corrected chi connectivity index (χ2v) is 7.80. The molecule has 0 aromatic heterocycles. The van der Waals surface area contributed by atoms with Gasteiger partial charge in [0.15, 0.2) is 6.10 Å². The maximum Gasteiger partial charge on any atom is 0.339 e. The summed E-state index contributed by atoms with van der Waals surface area (Å²) >= 11 is 6.15. The highest BCUT2D eigenvalue weighted by Crippen LogP contribution is 2.47. The molecule has 1 N–H and O–H groups in total. The van der Waals surface area contributed by atoms with Gasteiger partial charge in [-0.25, -0.2) is 4.79 Å². The molecule has 5 heteroatoms. The van der Waals surface area contributed by atoms with E-state index in [2.05, 4.69) is 4.90 Å². The number of aromatic hydroxyl groups is 1. The molecule has 0 fully saturated rings. The minimum atomic E-state index is -0.587. The number of nitrogens with zero attached hydrogens (tertiary/aromatic N) is 1. The van der Waals surface area contributed by atoms with Gasteiger partial charge < -0.3 is 14.7 Å². The first-order valence-electron chi connectivity index (χ1n) is 9.26. The van der Waals surface area contributed by atoms with E-state index in [1.54, 1.807) is 18.2 Å². The molecule has 0 saturated heterocycles. The number of anilines is 1. The molecule has 0 spiro atoms. The van der Waals surface area contributed by atoms with Crippen LogP contribution in [0.2, 0.25) is 5.02 Å². The Balaban J connectivity index is 1.69. The molecular formula is C21H20ClNO3. The third-order valence-electron chi connectivity index (χ3n) is 5.80. The van der Waals surface area contributed by atoms with Gasteiger partial charge in [0, 0.05) is 40.5 Å². The van der Waals surface area contributed by atoms with Gasteiger partial charge in [-0.05, 0) is 61.9 Å². The standard InChI is InChI=1S/C21H20ClNO3/c22-13-6-7-14-16(11-13)20(26-21(14)25)17-10-12-4-1-2-8-23-9-3-5-15(18(12)23)19(17)24/h6-7,10-11,20,24H,1-5,8-9H2. The number of hydrogen-bond donors (Lipinski definition) is 1. The maximum atomic E-state index is 12.3. The first-order chi connectivity index (χ1) is 12.6. The summed E-state index contributed by atoms with van der Waals surface area (Å²) in [5.41, 5.74) is 5.45. The van der Waals surface area contributed by atoms with Crippen LogP contribution in [0.15, 0.2) is 24.3 Å². The fourth-order valence-electron chi connectivity index (χ4n) is 4.63. The highest BCUT2D eigenvalue weighted by Gasteiger charge is 2.36. The van der Waals surface area contributed by atoms with Crippen molar-refractivity contribution in [3.63, 3.8) is 0 Å². The molecule has 1 atom stereocenters. The third-order valence-corrected chi connectivity index (χ3v) is 6.03. The van der Waals surface area contributed by atoms with Crippen LogP contribution in [0.5, 0.6) is 5.75 Å². The molecule has 3 aliphatic rings. The molecule has 4 nitrogen and oxygen atoms in total. The second kappa shape index (κ2) is 5.92. The average Bonchev–Trinajstić information content (AvgIpc) is 2.82. The SMILES string of the molecule is O=C1OC(c2cc3c4c(c2O)CCCN4CCCC3)c2cc(Cl)ccc21. The number of carbonyl (C=O) groups excluding carboxylic acids is 1. The van der Waals surface area contributed by atoms with Crippen LogP contribution < -0.4 is 4.90 Å². The van der Waals surface area contributed by atoms with Crippen molar-refractivity contribution < 1.29 is 14.6 Å². The molecule has 26 heavy (non-hydrogen) atoms. The van der Waals surface area contributed by atoms with Crippen LogP contribution in [-0.4, -0.2) is 24.2 Å². The van der Waals surface area contributed by atoms with E-state index in [4.69, 9.17) is 16.3 Å². The predicted molar refractivity (Wildman–Crippen MR) is 100 cm³/mol. The first kappa shape index (κ1) is 16.0. The van der Waals surface area contributed by atoms with E-state index >= 15 is 0 Å². The van der Waals surface area contributed by atoms with Crippen molar-refractivity contribution in [1.29, 1.82) is 0 Å². The number of carbonyl (C=O) groups is 1. The van der Waals surface area contributed by atoms with E-state index in [1.165, 1.54) is 17.7 Å². The van der Waals surface area contributed by atoms with Gasteiger partial charge >= 0.3 is 5.97 Å². The summed E-state index contributed by atoms with van der Waals surface area (Å²) < 4.78 is 5.65. The molecule has 0 bridgehead atoms. The van der Waals surface area contributed by atoms with Crippen molar-refractivity contribution in [2.24, 2.45) is 0 Å². The molecule has 3 heterocycles. The van der Waals surface area contributed by atoms with E-state index in [0.717, 1.165) is 49.9 Å². The Labute approximate surface area is 157 Å². The number of hydrogen-bond acceptors (Lipinski definition) is 4. The molecule has 134 valence electrons. The van der Waals surface area contributed by atoms with Gasteiger partial charge in [0.1, 0.15) is 5.75 Å². The molecule has 3 aliphatic heterocycles. The minimum Gasteiger partial charge on any atom is -0.507 e. The van der Waals surface area contributed by atoms with Crippen molar-refractivity contribution in [2.75, 3.05) is 18.0 Å². The smallest absolute Gasteiger partial charge is 0.339 e. The monoisotopic (exact) mass is 369 g/mol. The number of phenols is 1. The van der Waals surface area contributed by atoms with Crippen LogP contribution in [0.4, 0.5) is 5.69 Å². The van der Waals surface area contributed by atoms with E-state index < -0.39 is 6.10 Å². The number of fused-ring (bicyclic) bond motifs is 1. The molecule has 1 unspecified atom stereocenters. The van der Waals surface area contributed by atoms with Gasteiger partial charge in [-0.3, -0.25) is 0 Å². The van der Waals surface area contributed by atoms with Gasteiger partial charge in [0.2, 0.25) is 0 Å². The highest BCUT2D eigenvalue weighted by atomic mass is 35.5. The number of benzene rings is 2. The molecule has 5 rings (SSSR count). The lowest BCUT2D eigenvalue weighted by molar-refractivity contribution is 0.0452. The molecular weight excluding hydrogens is 350 g/mol. The quantitative estimate of drug-likeness (QED) is 0.757. The zero-order valence-corrected chi connectivity index (χ0v) is 15.2. The minimum absolute atomic E-state index is 0.279. The van der Waals surface area contributed by atoms with Crippen molar-refractivity contribution >= 4 is 23.3 Å². The maximum absolute atomic E-state index is 12.3. The highest BCUT2D eigenvalue weighted by molar-refractivity contribution is 6.30. The van der Waals surface area contributed by atoms with Gasteiger partial charge in [-0.2, -0.15) is 0 Å². The number of ether oxygens (including phenoxy) is 1. The number of halogens is 1. The fourth-order valence-corrected chi connectivity index (χ4v) is 4.81. The normalized spacial score (nSPS) is 21.0. The van der Waals surface area contributed by atoms with Gasteiger partial charge in [-0.1, -0.05) is 11.6 Å². The summed E-state index contributed by atoms with van der Waals surface area (Å²) in [5.74, 6) is -0.0766. The molecule has 0 amide bonds. The average molecular weight is 370 g/mol. The third kappa shape index (κ3) is 2.32. The van der Waals surface area contributed by atoms with Gasteiger partial charge in [-0.15, -0.1) is 0 Å². The summed E-state index contributed by atoms with van der Waals surface area (Å²) in [7, 11) is 0. The summed E-state index contributed by atoms with van der Waals surface area (Å²) in [6.07, 6.45) is 4.62. The molecule has 0 radical (unpaired) electrons. The summed E-state index contributed by atoms with van der Waals surface area (Å²) in [5, 5.41) is 11.6. The largest absolute Gasteiger partial charge is 0.507 e. The number of rotatable bonds is 1. The number of phenolic OH excluding ortho intramolecular Hbond substituents is 1. The van der Waals surface area contributed by atoms with Crippen LogP contribution in [0.1, 0.15) is 58.0 Å². The Hall–Kier alpha value is -2.20. The fraction of sp³-hybridized carbons (Fsp3) is 0.381. The van der Waals surface area contributed by atoms with Crippen LogP contribution in [0.25, 0.3) is 0 Å². The molecule has 2 aromatic rings. The second-order valence-electron chi connectivity index (χ2n) is 7.37. The Kier molecular flexibility index (Phi) is 3.64. The number of esters is 1. The lowest BCUT2D eigenvalue weighted by Crippen LogP contribution is -2.30. The van der Waals surface area contributed by atoms with Crippen molar-refractivity contribution in [3.8, 4) is 5.75 Å². The number of aryl methyl sites for hydroxylation is 1. The van der Waals surface area contributed by atoms with E-state index in [9.17, 15) is 9.90 Å². The molecule has 2 aromatic carbocycles. The Morgan fingerprint density at radius 1 is 1.08 bits per heavy atom. The lowest BCUT2D eigenvalue weighted by Gasteiger charge is -2.33. The van der Waals surface area contributed by atoms with Gasteiger partial charge in [0.25, 0.3) is 0 Å². The van der Waals surface area contributed by atoms with E-state index in [0.29, 0.717) is 16.1 Å². The van der Waals surface area contributed by atoms with E-state index in [1.807, 2.05) is 6.07 Å². The van der Waals surface area contributed by atoms with Gasteiger partial charge in [0.05, 0.1) is 5.56 Å². The van der Waals surface area contributed by atoms with Crippen molar-refractivity contribution in [1.82, 2.24) is 0 Å². The zero-order chi connectivity index (χ0) is 17.8. The zero-order valence-electron chi connectivity index (χ0n) is 14.4. The molecule has 0 saturated carbocycles. The van der Waals surface area contributed by atoms with Crippen LogP contribution >= 0.6 is 11.6 Å². The van der Waals surface area contributed by atoms with Crippen molar-refractivity contribution in [2.45, 2.75) is 38.2 Å². The summed E-state index contributed by atoms with van der Waals surface area (Å²) in [6.45, 7) is 2.10. The Morgan fingerprint density at radius 3 is 2.81 bits per heavy atom. The lowest BCUT2D eigenvalue weighted by atomic mass is 9.89. The first-order valence-corrected chi connectivity index (χ1v) is 9.64. The topological polar surface area (TPSA) is 49.8 Å². The Morgan fingerprint density at radius 2 is 1.92 bits per heavy atom. The Bertz CT molecular complexity index is 924. The van der Waals surface area contributed by atoms with Crippen LogP contribution in [-0.2, 0) is 17.6 Å². The number of cyclic esters (lactones) is 1. The molecule has 0 aliphatic carbocycles. The van der Waals surface area contributed by atoms with Crippen molar-refractivity contribution in [3.05, 3.63) is 57.1 Å². The summed E-state index contributed by atoms with van der Waals surface area (Å²) in [4.78, 5) is 14.7. The van der Waals surface area contributed by atoms with Crippen LogP contribution in [0.3, 0.4) is 0 Å².